The molecule has 3 rings (SSSR count). The van der Waals surface area contributed by atoms with Crippen molar-refractivity contribution in [2.24, 2.45) is 10.1 Å². The van der Waals surface area contributed by atoms with Gasteiger partial charge in [-0.15, -0.1) is 11.3 Å². The van der Waals surface area contributed by atoms with Gasteiger partial charge in [-0.05, 0) is 49.2 Å². The average Bonchev–Trinajstić information content (AvgIpc) is 3.03. The third kappa shape index (κ3) is 4.24. The summed E-state index contributed by atoms with van der Waals surface area (Å²) in [6, 6.07) is 14.5. The summed E-state index contributed by atoms with van der Waals surface area (Å²) in [5.41, 5.74) is 4.94. The third-order valence-corrected chi connectivity index (χ3v) is 4.66. The molecule has 1 heterocycles. The van der Waals surface area contributed by atoms with E-state index in [9.17, 15) is 4.39 Å². The van der Waals surface area contributed by atoms with Crippen molar-refractivity contribution in [3.63, 3.8) is 0 Å². The zero-order valence-corrected chi connectivity index (χ0v) is 15.6. The molecule has 0 saturated heterocycles. The summed E-state index contributed by atoms with van der Waals surface area (Å²) >= 11 is 1.50. The van der Waals surface area contributed by atoms with Crippen LogP contribution in [0.3, 0.4) is 0 Å². The topological polar surface area (TPSA) is 29.6 Å². The van der Waals surface area contributed by atoms with Crippen molar-refractivity contribution in [3.05, 3.63) is 87.8 Å². The van der Waals surface area contributed by atoms with Gasteiger partial charge < -0.3 is 0 Å². The van der Waals surface area contributed by atoms with Crippen LogP contribution in [0.4, 0.5) is 4.39 Å². The van der Waals surface area contributed by atoms with Crippen molar-refractivity contribution in [1.82, 2.24) is 4.68 Å². The highest BCUT2D eigenvalue weighted by atomic mass is 32.1. The fourth-order valence-corrected chi connectivity index (χ4v) is 3.23. The Morgan fingerprint density at radius 2 is 1.92 bits per heavy atom. The summed E-state index contributed by atoms with van der Waals surface area (Å²) in [6.45, 7) is 8.44. The molecular weight excluding hydrogens is 345 g/mol. The van der Waals surface area contributed by atoms with E-state index in [1.165, 1.54) is 23.5 Å². The molecule has 26 heavy (non-hydrogen) atoms. The minimum atomic E-state index is -0.258. The normalized spacial score (nSPS) is 12.0. The molecule has 0 aliphatic heterocycles. The predicted molar refractivity (Wildman–Crippen MR) is 107 cm³/mol. The Morgan fingerprint density at radius 1 is 1.19 bits per heavy atom. The summed E-state index contributed by atoms with van der Waals surface area (Å²) in [6.07, 6.45) is 1.83. The summed E-state index contributed by atoms with van der Waals surface area (Å²) < 4.78 is 15.1. The number of hydrogen-bond acceptors (Lipinski definition) is 3. The van der Waals surface area contributed by atoms with Gasteiger partial charge in [-0.2, -0.15) is 5.10 Å². The maximum Gasteiger partial charge on any atom is 0.206 e. The Bertz CT molecular complexity index is 1010. The molecular formula is C21H20FN3S. The maximum absolute atomic E-state index is 13.3. The summed E-state index contributed by atoms with van der Waals surface area (Å²) in [5, 5.41) is 6.64. The predicted octanol–water partition coefficient (Wildman–Crippen LogP) is 5.02. The Labute approximate surface area is 156 Å². The zero-order valence-electron chi connectivity index (χ0n) is 14.8. The summed E-state index contributed by atoms with van der Waals surface area (Å²) in [5.74, 6) is -0.258. The van der Waals surface area contributed by atoms with Gasteiger partial charge in [0.25, 0.3) is 0 Å². The number of nitrogens with zero attached hydrogens (tertiary/aromatic N) is 3. The quantitative estimate of drug-likeness (QED) is 0.449. The van der Waals surface area contributed by atoms with E-state index in [1.54, 1.807) is 16.8 Å². The number of hydrogen-bond donors (Lipinski definition) is 0. The molecule has 0 aliphatic rings. The van der Waals surface area contributed by atoms with E-state index in [2.05, 4.69) is 16.7 Å². The van der Waals surface area contributed by atoms with Crippen LogP contribution in [0, 0.1) is 12.7 Å². The van der Waals surface area contributed by atoms with Gasteiger partial charge in [-0.3, -0.25) is 4.99 Å². The highest BCUT2D eigenvalue weighted by Gasteiger charge is 2.08. The third-order valence-electron chi connectivity index (χ3n) is 3.81. The molecule has 3 aromatic rings. The molecule has 0 unspecified atom stereocenters. The van der Waals surface area contributed by atoms with Crippen molar-refractivity contribution >= 4 is 17.6 Å². The Balaban J connectivity index is 2.09. The van der Waals surface area contributed by atoms with E-state index < -0.39 is 0 Å². The first-order valence-corrected chi connectivity index (χ1v) is 9.14. The van der Waals surface area contributed by atoms with E-state index in [1.807, 2.05) is 49.7 Å². The Kier molecular flexibility index (Phi) is 5.58. The second-order valence-corrected chi connectivity index (χ2v) is 6.93. The fraction of sp³-hybridized carbons (Fsp3) is 0.143. The monoisotopic (exact) mass is 365 g/mol. The van der Waals surface area contributed by atoms with Gasteiger partial charge in [0.2, 0.25) is 4.80 Å². The molecule has 0 radical (unpaired) electrons. The highest BCUT2D eigenvalue weighted by molar-refractivity contribution is 7.07. The smallest absolute Gasteiger partial charge is 0.206 e. The van der Waals surface area contributed by atoms with Crippen molar-refractivity contribution in [2.75, 3.05) is 6.54 Å². The minimum Gasteiger partial charge on any atom is -0.253 e. The lowest BCUT2D eigenvalue weighted by atomic mass is 10.1. The first-order chi connectivity index (χ1) is 12.5. The fourth-order valence-electron chi connectivity index (χ4n) is 2.39. The number of aromatic nitrogens is 1. The second kappa shape index (κ2) is 8.06. The van der Waals surface area contributed by atoms with E-state index >= 15 is 0 Å². The Morgan fingerprint density at radius 3 is 2.62 bits per heavy atom. The molecule has 0 aliphatic carbocycles. The first-order valence-electron chi connectivity index (χ1n) is 8.26. The molecule has 0 spiro atoms. The molecule has 0 saturated carbocycles. The van der Waals surface area contributed by atoms with Crippen LogP contribution in [0.1, 0.15) is 18.1 Å². The van der Waals surface area contributed by atoms with E-state index in [0.717, 1.165) is 32.8 Å². The minimum absolute atomic E-state index is 0.258. The van der Waals surface area contributed by atoms with Crippen LogP contribution in [-0.2, 0) is 0 Å². The highest BCUT2D eigenvalue weighted by Crippen LogP contribution is 2.20. The molecule has 3 nitrogen and oxygen atoms in total. The van der Waals surface area contributed by atoms with Crippen LogP contribution < -0.4 is 4.80 Å². The molecule has 5 heteroatoms. The molecule has 0 atom stereocenters. The van der Waals surface area contributed by atoms with Crippen LogP contribution in [0.25, 0.3) is 11.3 Å². The van der Waals surface area contributed by atoms with Crippen LogP contribution in [0.5, 0.6) is 0 Å². The van der Waals surface area contributed by atoms with Crippen LogP contribution in [0.15, 0.2) is 76.2 Å². The van der Waals surface area contributed by atoms with Gasteiger partial charge >= 0.3 is 0 Å². The molecule has 0 N–H and O–H groups in total. The largest absolute Gasteiger partial charge is 0.253 e. The molecule has 132 valence electrons. The van der Waals surface area contributed by atoms with Crippen molar-refractivity contribution in [3.8, 4) is 11.3 Å². The van der Waals surface area contributed by atoms with Crippen molar-refractivity contribution in [1.29, 1.82) is 0 Å². The molecule has 2 aromatic carbocycles. The van der Waals surface area contributed by atoms with Gasteiger partial charge in [-0.1, -0.05) is 36.4 Å². The van der Waals surface area contributed by atoms with E-state index in [4.69, 9.17) is 0 Å². The first kappa shape index (κ1) is 18.0. The molecule has 0 fully saturated rings. The van der Waals surface area contributed by atoms with Crippen molar-refractivity contribution in [2.45, 2.75) is 13.8 Å². The summed E-state index contributed by atoms with van der Waals surface area (Å²) in [7, 11) is 0. The zero-order chi connectivity index (χ0) is 18.5. The maximum atomic E-state index is 13.3. The van der Waals surface area contributed by atoms with Crippen LogP contribution in [-0.4, -0.2) is 17.4 Å². The van der Waals surface area contributed by atoms with E-state index in [-0.39, 0.29) is 5.82 Å². The molecule has 1 aromatic heterocycles. The van der Waals surface area contributed by atoms with Gasteiger partial charge in [-0.25, -0.2) is 9.07 Å². The van der Waals surface area contributed by atoms with Gasteiger partial charge in [0.1, 0.15) is 5.82 Å². The number of thiazole rings is 1. The standard InChI is InChI=1S/C21H20FN3S/c1-15(2)12-23-21-25(24-13-18-7-5-4-6-16(18)3)20(14-26-21)17-8-10-19(22)11-9-17/h4-11,13-14H,1,12H2,2-3H3. The number of halogens is 1. The lowest BCUT2D eigenvalue weighted by Crippen LogP contribution is -2.13. The van der Waals surface area contributed by atoms with Crippen LogP contribution in [0.2, 0.25) is 0 Å². The number of aryl methyl sites for hydroxylation is 1. The van der Waals surface area contributed by atoms with Gasteiger partial charge in [0.15, 0.2) is 0 Å². The lowest BCUT2D eigenvalue weighted by Gasteiger charge is -2.04. The van der Waals surface area contributed by atoms with Gasteiger partial charge in [0.05, 0.1) is 18.5 Å². The second-order valence-electron chi connectivity index (χ2n) is 6.10. The average molecular weight is 365 g/mol. The van der Waals surface area contributed by atoms with Crippen molar-refractivity contribution < 1.29 is 4.39 Å². The number of benzene rings is 2. The van der Waals surface area contributed by atoms with E-state index in [0.29, 0.717) is 6.54 Å². The molecule has 0 amide bonds. The van der Waals surface area contributed by atoms with Gasteiger partial charge in [0, 0.05) is 10.9 Å². The number of rotatable bonds is 5. The SMILES string of the molecule is C=C(C)CN=c1scc(-c2ccc(F)cc2)n1N=Cc1ccccc1C. The Hall–Kier alpha value is -2.79. The summed E-state index contributed by atoms with van der Waals surface area (Å²) in [4.78, 5) is 5.37. The van der Waals surface area contributed by atoms with Crippen LogP contribution >= 0.6 is 11.3 Å². The molecule has 0 bridgehead atoms. The lowest BCUT2D eigenvalue weighted by molar-refractivity contribution is 0.628.